The van der Waals surface area contributed by atoms with Crippen molar-refractivity contribution in [1.82, 2.24) is 10.3 Å². The number of hydrogen-bond acceptors (Lipinski definition) is 3. The normalized spacial score (nSPS) is 12.3. The molecule has 1 atom stereocenters. The molecule has 1 heterocycles. The summed E-state index contributed by atoms with van der Waals surface area (Å²) < 4.78 is 0. The lowest BCUT2D eigenvalue weighted by Crippen LogP contribution is -2.30. The first-order chi connectivity index (χ1) is 9.24. The fraction of sp³-hybridized carbons (Fsp3) is 0.312. The Morgan fingerprint density at radius 2 is 1.95 bits per heavy atom. The van der Waals surface area contributed by atoms with Gasteiger partial charge in [0.2, 0.25) is 0 Å². The summed E-state index contributed by atoms with van der Waals surface area (Å²) in [6.45, 7) is 3.10. The van der Waals surface area contributed by atoms with Gasteiger partial charge in [-0.1, -0.05) is 18.2 Å². The zero-order chi connectivity index (χ0) is 13.5. The van der Waals surface area contributed by atoms with Crippen LogP contribution in [0.5, 0.6) is 5.75 Å². The maximum absolute atomic E-state index is 9.24. The van der Waals surface area contributed by atoms with Crippen LogP contribution in [0, 0.1) is 0 Å². The highest BCUT2D eigenvalue weighted by Crippen LogP contribution is 2.11. The minimum absolute atomic E-state index is 0.319. The van der Waals surface area contributed by atoms with Crippen molar-refractivity contribution in [2.24, 2.45) is 0 Å². The van der Waals surface area contributed by atoms with Crippen LogP contribution in [0.3, 0.4) is 0 Å². The summed E-state index contributed by atoms with van der Waals surface area (Å²) in [7, 11) is 0. The third-order valence-electron chi connectivity index (χ3n) is 3.08. The van der Waals surface area contributed by atoms with Crippen molar-refractivity contribution < 1.29 is 5.11 Å². The smallest absolute Gasteiger partial charge is 0.115 e. The minimum Gasteiger partial charge on any atom is -0.508 e. The van der Waals surface area contributed by atoms with Gasteiger partial charge in [-0.15, -0.1) is 0 Å². The molecule has 3 nitrogen and oxygen atoms in total. The van der Waals surface area contributed by atoms with E-state index >= 15 is 0 Å². The molecule has 2 rings (SSSR count). The molecule has 0 aliphatic heterocycles. The van der Waals surface area contributed by atoms with Crippen molar-refractivity contribution in [2.45, 2.75) is 25.8 Å². The Labute approximate surface area is 114 Å². The molecule has 0 saturated heterocycles. The van der Waals surface area contributed by atoms with Gasteiger partial charge in [0, 0.05) is 30.9 Å². The first-order valence-electron chi connectivity index (χ1n) is 6.65. The standard InChI is InChI=1S/C16H20N2O/c1-13(12-14-5-7-16(19)8-6-14)17-11-9-15-4-2-3-10-18-15/h2-8,10,13,17,19H,9,11-12H2,1H3. The Morgan fingerprint density at radius 1 is 1.16 bits per heavy atom. The molecular formula is C16H20N2O. The number of nitrogens with one attached hydrogen (secondary N) is 1. The molecule has 0 aliphatic rings. The molecule has 0 aliphatic carbocycles. The van der Waals surface area contributed by atoms with Gasteiger partial charge in [0.1, 0.15) is 5.75 Å². The number of rotatable bonds is 6. The predicted octanol–water partition coefficient (Wildman–Crippen LogP) is 2.55. The van der Waals surface area contributed by atoms with E-state index < -0.39 is 0 Å². The summed E-state index contributed by atoms with van der Waals surface area (Å²) in [4.78, 5) is 4.30. The zero-order valence-corrected chi connectivity index (χ0v) is 11.2. The Balaban J connectivity index is 1.73. The molecule has 0 spiro atoms. The molecular weight excluding hydrogens is 236 g/mol. The second-order valence-corrected chi connectivity index (χ2v) is 4.80. The second-order valence-electron chi connectivity index (χ2n) is 4.80. The number of hydrogen-bond donors (Lipinski definition) is 2. The van der Waals surface area contributed by atoms with Crippen LogP contribution >= 0.6 is 0 Å². The number of pyridine rings is 1. The summed E-state index contributed by atoms with van der Waals surface area (Å²) in [6.07, 6.45) is 3.73. The second kappa shape index (κ2) is 6.90. The van der Waals surface area contributed by atoms with E-state index in [4.69, 9.17) is 0 Å². The fourth-order valence-electron chi connectivity index (χ4n) is 2.05. The van der Waals surface area contributed by atoms with E-state index in [1.807, 2.05) is 36.5 Å². The van der Waals surface area contributed by atoms with Gasteiger partial charge in [-0.25, -0.2) is 0 Å². The van der Waals surface area contributed by atoms with E-state index in [0.29, 0.717) is 11.8 Å². The maximum atomic E-state index is 9.24. The summed E-state index contributed by atoms with van der Waals surface area (Å²) in [5.74, 6) is 0.319. The van der Waals surface area contributed by atoms with Crippen molar-refractivity contribution in [3.05, 3.63) is 59.9 Å². The quantitative estimate of drug-likeness (QED) is 0.835. The van der Waals surface area contributed by atoms with Crippen LogP contribution in [0.15, 0.2) is 48.7 Å². The highest BCUT2D eigenvalue weighted by atomic mass is 16.3. The Hall–Kier alpha value is -1.87. The SMILES string of the molecule is CC(Cc1ccc(O)cc1)NCCc1ccccn1. The van der Waals surface area contributed by atoms with Gasteiger partial charge in [-0.05, 0) is 43.2 Å². The number of phenols is 1. The van der Waals surface area contributed by atoms with E-state index in [1.54, 1.807) is 12.1 Å². The van der Waals surface area contributed by atoms with Gasteiger partial charge < -0.3 is 10.4 Å². The number of benzene rings is 1. The van der Waals surface area contributed by atoms with Crippen LogP contribution in [0.1, 0.15) is 18.2 Å². The zero-order valence-electron chi connectivity index (χ0n) is 11.2. The van der Waals surface area contributed by atoms with Gasteiger partial charge in [0.25, 0.3) is 0 Å². The molecule has 1 unspecified atom stereocenters. The van der Waals surface area contributed by atoms with Crippen LogP contribution < -0.4 is 5.32 Å². The third-order valence-corrected chi connectivity index (χ3v) is 3.08. The number of aromatic nitrogens is 1. The van der Waals surface area contributed by atoms with Gasteiger partial charge >= 0.3 is 0 Å². The maximum Gasteiger partial charge on any atom is 0.115 e. The number of phenolic OH excluding ortho intramolecular Hbond substituents is 1. The van der Waals surface area contributed by atoms with E-state index in [2.05, 4.69) is 17.2 Å². The van der Waals surface area contributed by atoms with Crippen LogP contribution in [0.25, 0.3) is 0 Å². The lowest BCUT2D eigenvalue weighted by molar-refractivity contribution is 0.474. The van der Waals surface area contributed by atoms with Crippen molar-refractivity contribution in [2.75, 3.05) is 6.54 Å². The lowest BCUT2D eigenvalue weighted by atomic mass is 10.1. The van der Waals surface area contributed by atoms with E-state index in [9.17, 15) is 5.11 Å². The molecule has 19 heavy (non-hydrogen) atoms. The van der Waals surface area contributed by atoms with Crippen LogP contribution in [-0.4, -0.2) is 22.7 Å². The van der Waals surface area contributed by atoms with Crippen molar-refractivity contribution in [1.29, 1.82) is 0 Å². The highest BCUT2D eigenvalue weighted by Gasteiger charge is 2.03. The third kappa shape index (κ3) is 4.72. The first-order valence-corrected chi connectivity index (χ1v) is 6.65. The van der Waals surface area contributed by atoms with E-state index in [1.165, 1.54) is 5.56 Å². The van der Waals surface area contributed by atoms with Gasteiger partial charge in [-0.3, -0.25) is 4.98 Å². The minimum atomic E-state index is 0.319. The molecule has 0 fully saturated rings. The summed E-state index contributed by atoms with van der Waals surface area (Å²) in [5, 5.41) is 12.7. The lowest BCUT2D eigenvalue weighted by Gasteiger charge is -2.13. The topological polar surface area (TPSA) is 45.1 Å². The molecule has 100 valence electrons. The first kappa shape index (κ1) is 13.6. The average Bonchev–Trinajstić information content (AvgIpc) is 2.43. The number of nitrogens with zero attached hydrogens (tertiary/aromatic N) is 1. The van der Waals surface area contributed by atoms with Crippen molar-refractivity contribution in [3.63, 3.8) is 0 Å². The molecule has 2 N–H and O–H groups in total. The molecule has 3 heteroatoms. The molecule has 0 saturated carbocycles. The molecule has 0 bridgehead atoms. The van der Waals surface area contributed by atoms with Crippen molar-refractivity contribution in [3.8, 4) is 5.75 Å². The van der Waals surface area contributed by atoms with Crippen LogP contribution in [-0.2, 0) is 12.8 Å². The Kier molecular flexibility index (Phi) is 4.93. The Bertz CT molecular complexity index is 482. The van der Waals surface area contributed by atoms with Gasteiger partial charge in [0.15, 0.2) is 0 Å². The van der Waals surface area contributed by atoms with Crippen LogP contribution in [0.4, 0.5) is 0 Å². The molecule has 2 aromatic rings. The fourth-order valence-corrected chi connectivity index (χ4v) is 2.05. The summed E-state index contributed by atoms with van der Waals surface area (Å²) in [6, 6.07) is 13.8. The highest BCUT2D eigenvalue weighted by molar-refractivity contribution is 5.26. The molecule has 1 aromatic carbocycles. The summed E-state index contributed by atoms with van der Waals surface area (Å²) in [5.41, 5.74) is 2.35. The largest absolute Gasteiger partial charge is 0.508 e. The predicted molar refractivity (Wildman–Crippen MR) is 77.2 cm³/mol. The van der Waals surface area contributed by atoms with E-state index in [-0.39, 0.29) is 0 Å². The number of aromatic hydroxyl groups is 1. The molecule has 0 radical (unpaired) electrons. The Morgan fingerprint density at radius 3 is 2.63 bits per heavy atom. The van der Waals surface area contributed by atoms with Gasteiger partial charge in [0.05, 0.1) is 0 Å². The summed E-state index contributed by atoms with van der Waals surface area (Å²) >= 11 is 0. The van der Waals surface area contributed by atoms with Gasteiger partial charge in [-0.2, -0.15) is 0 Å². The average molecular weight is 256 g/mol. The molecule has 0 amide bonds. The monoisotopic (exact) mass is 256 g/mol. The van der Waals surface area contributed by atoms with E-state index in [0.717, 1.165) is 25.1 Å². The van der Waals surface area contributed by atoms with Crippen molar-refractivity contribution >= 4 is 0 Å². The van der Waals surface area contributed by atoms with Crippen LogP contribution in [0.2, 0.25) is 0 Å². The molecule has 1 aromatic heterocycles.